The Kier molecular flexibility index (Phi) is 3.23. The summed E-state index contributed by atoms with van der Waals surface area (Å²) in [5.41, 5.74) is -2.30. The van der Waals surface area contributed by atoms with Crippen LogP contribution in [0, 0.1) is 0 Å². The summed E-state index contributed by atoms with van der Waals surface area (Å²) in [4.78, 5) is 23.5. The molecule has 0 aromatic carbocycles. The van der Waals surface area contributed by atoms with Gasteiger partial charge in [0.1, 0.15) is 11.3 Å². The number of H-pyrrole nitrogens is 1. The van der Waals surface area contributed by atoms with Crippen molar-refractivity contribution in [2.24, 2.45) is 0 Å². The van der Waals surface area contributed by atoms with Crippen molar-refractivity contribution in [2.75, 3.05) is 0 Å². The minimum Gasteiger partial charge on any atom is -0.318 e. The quantitative estimate of drug-likeness (QED) is 0.809. The maximum absolute atomic E-state index is 12.2. The Morgan fingerprint density at radius 1 is 1.50 bits per heavy atom. The molecule has 76 valence electrons. The molecule has 1 rings (SSSR count). The Labute approximate surface area is 86.6 Å². The van der Waals surface area contributed by atoms with Gasteiger partial charge in [-0.3, -0.25) is 9.59 Å². The van der Waals surface area contributed by atoms with Crippen molar-refractivity contribution in [3.63, 3.8) is 0 Å². The van der Waals surface area contributed by atoms with Gasteiger partial charge in [0, 0.05) is 0 Å². The zero-order valence-corrected chi connectivity index (χ0v) is 7.99. The van der Waals surface area contributed by atoms with Crippen LogP contribution in [0.4, 0.5) is 8.78 Å². The van der Waals surface area contributed by atoms with Crippen molar-refractivity contribution in [3.8, 4) is 0 Å². The minimum absolute atomic E-state index is 0.314. The number of aromatic nitrogens is 1. The highest BCUT2D eigenvalue weighted by Gasteiger charge is 2.18. The van der Waals surface area contributed by atoms with Crippen LogP contribution in [0.3, 0.4) is 0 Å². The summed E-state index contributed by atoms with van der Waals surface area (Å²) < 4.78 is 24.4. The van der Waals surface area contributed by atoms with Crippen LogP contribution < -0.4 is 5.56 Å². The molecule has 0 radical (unpaired) electrons. The molecule has 1 N–H and O–H groups in total. The summed E-state index contributed by atoms with van der Waals surface area (Å²) in [6, 6.07) is 0.889. The van der Waals surface area contributed by atoms with Crippen LogP contribution in [-0.4, -0.2) is 10.2 Å². The average Bonchev–Trinajstić information content (AvgIpc) is 2.01. The van der Waals surface area contributed by atoms with Crippen molar-refractivity contribution in [1.29, 1.82) is 0 Å². The lowest BCUT2D eigenvalue weighted by Crippen LogP contribution is -2.16. The van der Waals surface area contributed by atoms with Crippen molar-refractivity contribution >= 4 is 28.4 Å². The lowest BCUT2D eigenvalue weighted by Gasteiger charge is -2.02. The molecule has 1 heterocycles. The molecule has 0 fully saturated rings. The highest BCUT2D eigenvalue weighted by molar-refractivity contribution is 6.67. The van der Waals surface area contributed by atoms with Gasteiger partial charge in [0.15, 0.2) is 0 Å². The molecular weight excluding hydrogens is 239 g/mol. The molecule has 0 amide bonds. The van der Waals surface area contributed by atoms with Gasteiger partial charge in [0.25, 0.3) is 17.2 Å². The van der Waals surface area contributed by atoms with Gasteiger partial charge in [-0.05, 0) is 17.7 Å². The number of aromatic amines is 1. The largest absolute Gasteiger partial charge is 0.318 e. The highest BCUT2D eigenvalue weighted by atomic mass is 35.5. The fourth-order valence-corrected chi connectivity index (χ4v) is 1.23. The van der Waals surface area contributed by atoms with Gasteiger partial charge in [-0.1, -0.05) is 11.6 Å². The van der Waals surface area contributed by atoms with Crippen LogP contribution in [0.15, 0.2) is 10.9 Å². The Balaban J connectivity index is 3.40. The fraction of sp³-hybridized carbons (Fsp3) is 0.143. The number of hydrogen-bond acceptors (Lipinski definition) is 2. The van der Waals surface area contributed by atoms with Crippen LogP contribution in [0.1, 0.15) is 22.5 Å². The van der Waals surface area contributed by atoms with Gasteiger partial charge in [0.2, 0.25) is 0 Å². The monoisotopic (exact) mass is 241 g/mol. The number of hydrogen-bond donors (Lipinski definition) is 1. The van der Waals surface area contributed by atoms with Crippen molar-refractivity contribution in [2.45, 2.75) is 6.43 Å². The summed E-state index contributed by atoms with van der Waals surface area (Å²) in [6.07, 6.45) is -2.99. The zero-order chi connectivity index (χ0) is 10.9. The van der Waals surface area contributed by atoms with Gasteiger partial charge < -0.3 is 4.98 Å². The van der Waals surface area contributed by atoms with E-state index in [0.717, 1.165) is 6.07 Å². The number of carbonyl (C=O) groups excluding carboxylic acids is 1. The standard InChI is InChI=1S/C7H3Cl2F2NO2/c8-2-1-3(5(9)13)12-7(14)4(2)6(10)11/h1,6H,(H,12,14). The van der Waals surface area contributed by atoms with E-state index < -0.39 is 27.8 Å². The molecular formula is C7H3Cl2F2NO2. The normalized spacial score (nSPS) is 10.6. The van der Waals surface area contributed by atoms with Crippen molar-refractivity contribution < 1.29 is 13.6 Å². The fourth-order valence-electron chi connectivity index (χ4n) is 0.848. The molecule has 0 saturated heterocycles. The minimum atomic E-state index is -2.99. The predicted octanol–water partition coefficient (Wildman–Crippen LogP) is 2.34. The number of halogens is 4. The summed E-state index contributed by atoms with van der Waals surface area (Å²) in [7, 11) is 0. The van der Waals surface area contributed by atoms with E-state index in [1.165, 1.54) is 0 Å². The zero-order valence-electron chi connectivity index (χ0n) is 6.48. The summed E-state index contributed by atoms with van der Waals surface area (Å²) >= 11 is 10.4. The second-order valence-corrected chi connectivity index (χ2v) is 3.10. The molecule has 0 saturated carbocycles. The van der Waals surface area contributed by atoms with Crippen LogP contribution in [-0.2, 0) is 0 Å². The maximum Gasteiger partial charge on any atom is 0.270 e. The molecule has 3 nitrogen and oxygen atoms in total. The number of rotatable bonds is 2. The molecule has 1 aromatic rings. The Hall–Kier alpha value is -0.940. The van der Waals surface area contributed by atoms with Crippen LogP contribution >= 0.6 is 23.2 Å². The third kappa shape index (κ3) is 2.10. The lowest BCUT2D eigenvalue weighted by atomic mass is 10.2. The summed E-state index contributed by atoms with van der Waals surface area (Å²) in [6.45, 7) is 0. The molecule has 7 heteroatoms. The molecule has 0 spiro atoms. The Morgan fingerprint density at radius 3 is 2.43 bits per heavy atom. The average molecular weight is 242 g/mol. The van der Waals surface area contributed by atoms with E-state index >= 15 is 0 Å². The number of pyridine rings is 1. The first-order chi connectivity index (χ1) is 6.43. The van der Waals surface area contributed by atoms with E-state index in [-0.39, 0.29) is 5.69 Å². The molecule has 0 unspecified atom stereocenters. The van der Waals surface area contributed by atoms with Crippen molar-refractivity contribution in [3.05, 3.63) is 32.7 Å². The third-order valence-electron chi connectivity index (χ3n) is 1.45. The third-order valence-corrected chi connectivity index (χ3v) is 1.97. The second-order valence-electron chi connectivity index (χ2n) is 2.35. The predicted molar refractivity (Wildman–Crippen MR) is 47.2 cm³/mol. The van der Waals surface area contributed by atoms with Gasteiger partial charge >= 0.3 is 0 Å². The van der Waals surface area contributed by atoms with Gasteiger partial charge in [-0.25, -0.2) is 8.78 Å². The van der Waals surface area contributed by atoms with E-state index in [9.17, 15) is 18.4 Å². The molecule has 0 aliphatic heterocycles. The molecule has 14 heavy (non-hydrogen) atoms. The smallest absolute Gasteiger partial charge is 0.270 e. The molecule has 0 aliphatic rings. The first kappa shape index (κ1) is 11.1. The van der Waals surface area contributed by atoms with E-state index in [4.69, 9.17) is 23.2 Å². The second kappa shape index (κ2) is 4.06. The highest BCUT2D eigenvalue weighted by Crippen LogP contribution is 2.23. The molecule has 0 atom stereocenters. The number of carbonyl (C=O) groups is 1. The van der Waals surface area contributed by atoms with Crippen LogP contribution in [0.25, 0.3) is 0 Å². The van der Waals surface area contributed by atoms with E-state index in [0.29, 0.717) is 0 Å². The van der Waals surface area contributed by atoms with Crippen LogP contribution in [0.2, 0.25) is 5.02 Å². The molecule has 0 bridgehead atoms. The van der Waals surface area contributed by atoms with E-state index in [1.807, 2.05) is 4.98 Å². The summed E-state index contributed by atoms with van der Waals surface area (Å²) in [5, 5.41) is -1.45. The first-order valence-electron chi connectivity index (χ1n) is 3.34. The number of nitrogens with one attached hydrogen (secondary N) is 1. The van der Waals surface area contributed by atoms with E-state index in [2.05, 4.69) is 0 Å². The van der Waals surface area contributed by atoms with Crippen LogP contribution in [0.5, 0.6) is 0 Å². The van der Waals surface area contributed by atoms with E-state index in [1.54, 1.807) is 0 Å². The summed E-state index contributed by atoms with van der Waals surface area (Å²) in [5.74, 6) is 0. The van der Waals surface area contributed by atoms with Gasteiger partial charge in [-0.2, -0.15) is 0 Å². The molecule has 0 aliphatic carbocycles. The SMILES string of the molecule is O=C(Cl)c1cc(Cl)c(C(F)F)c(=O)[nH]1. The number of alkyl halides is 2. The van der Waals surface area contributed by atoms with Crippen molar-refractivity contribution in [1.82, 2.24) is 4.98 Å². The topological polar surface area (TPSA) is 49.9 Å². The Morgan fingerprint density at radius 2 is 2.07 bits per heavy atom. The maximum atomic E-state index is 12.2. The first-order valence-corrected chi connectivity index (χ1v) is 4.09. The van der Waals surface area contributed by atoms with Gasteiger partial charge in [0.05, 0.1) is 5.02 Å². The Bertz CT molecular complexity index is 430. The van der Waals surface area contributed by atoms with Gasteiger partial charge in [-0.15, -0.1) is 0 Å². The molecule has 1 aromatic heterocycles. The lowest BCUT2D eigenvalue weighted by molar-refractivity contribution is 0.107.